The van der Waals surface area contributed by atoms with E-state index in [-0.39, 0.29) is 16.9 Å². The Morgan fingerprint density at radius 1 is 0.966 bits per heavy atom. The summed E-state index contributed by atoms with van der Waals surface area (Å²) in [6, 6.07) is 20.5. The van der Waals surface area contributed by atoms with Crippen molar-refractivity contribution in [2.75, 3.05) is 5.32 Å². The van der Waals surface area contributed by atoms with Gasteiger partial charge in [-0.15, -0.1) is 11.3 Å². The molecular weight excluding hydrogens is 402 g/mol. The van der Waals surface area contributed by atoms with Crippen LogP contribution in [0.4, 0.5) is 5.69 Å². The van der Waals surface area contributed by atoms with Gasteiger partial charge in [-0.05, 0) is 47.4 Å². The molecule has 0 fully saturated rings. The Hall–Kier alpha value is -3.29. The van der Waals surface area contributed by atoms with Crippen molar-refractivity contribution in [1.82, 2.24) is 10.6 Å². The summed E-state index contributed by atoms with van der Waals surface area (Å²) in [7, 11) is 0. The van der Waals surface area contributed by atoms with E-state index in [9.17, 15) is 9.59 Å². The molecule has 0 saturated heterocycles. The standard InChI is InChI=1S/C22H19N3O2S2/c26-20(13-12-17-9-6-14-29-17)25-22(28)24-19-11-5-4-10-18(19)21(27)23-15-16-7-2-1-3-8-16/h1-14H,15H2,(H,23,27)(H2,24,25,26,28). The van der Waals surface area contributed by atoms with E-state index in [1.165, 1.54) is 17.4 Å². The Morgan fingerprint density at radius 3 is 2.48 bits per heavy atom. The van der Waals surface area contributed by atoms with E-state index in [1.807, 2.05) is 47.8 Å². The van der Waals surface area contributed by atoms with Gasteiger partial charge in [0.1, 0.15) is 0 Å². The number of para-hydroxylation sites is 1. The van der Waals surface area contributed by atoms with Crippen molar-refractivity contribution in [3.8, 4) is 0 Å². The smallest absolute Gasteiger partial charge is 0.253 e. The van der Waals surface area contributed by atoms with Gasteiger partial charge in [0.25, 0.3) is 5.91 Å². The van der Waals surface area contributed by atoms with E-state index in [4.69, 9.17) is 12.2 Å². The van der Waals surface area contributed by atoms with Crippen molar-refractivity contribution < 1.29 is 9.59 Å². The van der Waals surface area contributed by atoms with Crippen LogP contribution >= 0.6 is 23.6 Å². The first-order chi connectivity index (χ1) is 14.1. The van der Waals surface area contributed by atoms with E-state index in [0.717, 1.165) is 10.4 Å². The third-order valence-corrected chi connectivity index (χ3v) is 4.94. The van der Waals surface area contributed by atoms with Gasteiger partial charge in [-0.3, -0.25) is 14.9 Å². The quantitative estimate of drug-likeness (QED) is 0.412. The highest BCUT2D eigenvalue weighted by Gasteiger charge is 2.12. The van der Waals surface area contributed by atoms with Gasteiger partial charge in [-0.1, -0.05) is 48.5 Å². The van der Waals surface area contributed by atoms with Crippen LogP contribution in [0.3, 0.4) is 0 Å². The molecule has 0 aliphatic carbocycles. The molecule has 3 rings (SSSR count). The monoisotopic (exact) mass is 421 g/mol. The van der Waals surface area contributed by atoms with Crippen LogP contribution in [-0.2, 0) is 11.3 Å². The fraction of sp³-hybridized carbons (Fsp3) is 0.0455. The second kappa shape index (κ2) is 10.3. The average molecular weight is 422 g/mol. The Balaban J connectivity index is 1.58. The number of amides is 2. The Labute approximate surface area is 178 Å². The molecule has 5 nitrogen and oxygen atoms in total. The van der Waals surface area contributed by atoms with Crippen molar-refractivity contribution in [2.24, 2.45) is 0 Å². The third-order valence-electron chi connectivity index (χ3n) is 3.89. The number of rotatable bonds is 6. The molecule has 3 aromatic rings. The van der Waals surface area contributed by atoms with Crippen LogP contribution in [-0.4, -0.2) is 16.9 Å². The largest absolute Gasteiger partial charge is 0.348 e. The lowest BCUT2D eigenvalue weighted by Gasteiger charge is -2.13. The van der Waals surface area contributed by atoms with Gasteiger partial charge in [0, 0.05) is 17.5 Å². The van der Waals surface area contributed by atoms with Crippen LogP contribution in [0.1, 0.15) is 20.8 Å². The number of hydrogen-bond acceptors (Lipinski definition) is 4. The first-order valence-electron chi connectivity index (χ1n) is 8.86. The van der Waals surface area contributed by atoms with E-state index < -0.39 is 0 Å². The minimum absolute atomic E-state index is 0.120. The van der Waals surface area contributed by atoms with Crippen molar-refractivity contribution in [3.05, 3.63) is 94.2 Å². The van der Waals surface area contributed by atoms with Crippen molar-refractivity contribution in [2.45, 2.75) is 6.54 Å². The van der Waals surface area contributed by atoms with Crippen LogP contribution in [0.2, 0.25) is 0 Å². The van der Waals surface area contributed by atoms with Crippen LogP contribution in [0, 0.1) is 0 Å². The molecule has 2 aromatic carbocycles. The zero-order chi connectivity index (χ0) is 20.5. The first kappa shape index (κ1) is 20.4. The van der Waals surface area contributed by atoms with Crippen LogP contribution in [0.15, 0.2) is 78.2 Å². The predicted octanol–water partition coefficient (Wildman–Crippen LogP) is 4.20. The molecule has 0 saturated carbocycles. The molecule has 1 heterocycles. The lowest BCUT2D eigenvalue weighted by atomic mass is 10.1. The lowest BCUT2D eigenvalue weighted by molar-refractivity contribution is -0.115. The van der Waals surface area contributed by atoms with Gasteiger partial charge >= 0.3 is 0 Å². The summed E-state index contributed by atoms with van der Waals surface area (Å²) in [5.74, 6) is -0.578. The Kier molecular flexibility index (Phi) is 7.27. The summed E-state index contributed by atoms with van der Waals surface area (Å²) in [6.07, 6.45) is 3.13. The molecule has 3 N–H and O–H groups in total. The molecule has 0 spiro atoms. The predicted molar refractivity (Wildman–Crippen MR) is 122 cm³/mol. The molecule has 1 aromatic heterocycles. The van der Waals surface area contributed by atoms with Gasteiger partial charge in [0.15, 0.2) is 5.11 Å². The van der Waals surface area contributed by atoms with Gasteiger partial charge in [-0.2, -0.15) is 0 Å². The number of carbonyl (C=O) groups excluding carboxylic acids is 2. The molecule has 0 radical (unpaired) electrons. The van der Waals surface area contributed by atoms with Gasteiger partial charge < -0.3 is 10.6 Å². The van der Waals surface area contributed by atoms with Gasteiger partial charge in [-0.25, -0.2) is 0 Å². The number of thiocarbonyl (C=S) groups is 1. The van der Waals surface area contributed by atoms with Gasteiger partial charge in [0.2, 0.25) is 5.91 Å². The summed E-state index contributed by atoms with van der Waals surface area (Å²) in [6.45, 7) is 0.419. The zero-order valence-corrected chi connectivity index (χ0v) is 17.1. The van der Waals surface area contributed by atoms with Crippen molar-refractivity contribution in [3.63, 3.8) is 0 Å². The van der Waals surface area contributed by atoms with Gasteiger partial charge in [0.05, 0.1) is 11.3 Å². The Bertz CT molecular complexity index is 1020. The summed E-state index contributed by atoms with van der Waals surface area (Å²) in [5, 5.41) is 10.4. The summed E-state index contributed by atoms with van der Waals surface area (Å²) in [5.41, 5.74) is 1.96. The maximum Gasteiger partial charge on any atom is 0.253 e. The summed E-state index contributed by atoms with van der Waals surface area (Å²) < 4.78 is 0. The highest BCUT2D eigenvalue weighted by Crippen LogP contribution is 2.15. The summed E-state index contributed by atoms with van der Waals surface area (Å²) >= 11 is 6.74. The normalized spacial score (nSPS) is 10.5. The number of hydrogen-bond donors (Lipinski definition) is 3. The third kappa shape index (κ3) is 6.38. The number of anilines is 1. The van der Waals surface area contributed by atoms with Crippen LogP contribution in [0.25, 0.3) is 6.08 Å². The lowest BCUT2D eigenvalue weighted by Crippen LogP contribution is -2.33. The number of thiophene rings is 1. The highest BCUT2D eigenvalue weighted by molar-refractivity contribution is 7.80. The van der Waals surface area contributed by atoms with Crippen molar-refractivity contribution in [1.29, 1.82) is 0 Å². The topological polar surface area (TPSA) is 70.2 Å². The minimum atomic E-state index is -0.345. The molecule has 0 unspecified atom stereocenters. The molecule has 0 bridgehead atoms. The fourth-order valence-corrected chi connectivity index (χ4v) is 3.34. The zero-order valence-electron chi connectivity index (χ0n) is 15.4. The number of nitrogens with one attached hydrogen (secondary N) is 3. The fourth-order valence-electron chi connectivity index (χ4n) is 2.51. The Morgan fingerprint density at radius 2 is 1.72 bits per heavy atom. The highest BCUT2D eigenvalue weighted by atomic mass is 32.1. The number of benzene rings is 2. The molecule has 146 valence electrons. The number of carbonyl (C=O) groups is 2. The maximum atomic E-state index is 12.6. The van der Waals surface area contributed by atoms with E-state index in [2.05, 4.69) is 16.0 Å². The molecule has 29 heavy (non-hydrogen) atoms. The molecule has 2 amide bonds. The van der Waals surface area contributed by atoms with E-state index >= 15 is 0 Å². The first-order valence-corrected chi connectivity index (χ1v) is 10.2. The molecule has 0 atom stereocenters. The summed E-state index contributed by atoms with van der Waals surface area (Å²) in [4.78, 5) is 25.6. The molecule has 0 aliphatic rings. The van der Waals surface area contributed by atoms with Crippen LogP contribution in [0.5, 0.6) is 0 Å². The van der Waals surface area contributed by atoms with E-state index in [0.29, 0.717) is 17.8 Å². The van der Waals surface area contributed by atoms with Crippen LogP contribution < -0.4 is 16.0 Å². The molecule has 7 heteroatoms. The second-order valence-electron chi connectivity index (χ2n) is 6.01. The van der Waals surface area contributed by atoms with Crippen molar-refractivity contribution >= 4 is 52.2 Å². The molecule has 0 aliphatic heterocycles. The molecular formula is C22H19N3O2S2. The maximum absolute atomic E-state index is 12.6. The SMILES string of the molecule is O=C(C=Cc1cccs1)NC(=S)Nc1ccccc1C(=O)NCc1ccccc1. The second-order valence-corrected chi connectivity index (χ2v) is 7.39. The minimum Gasteiger partial charge on any atom is -0.348 e. The average Bonchev–Trinajstić information content (AvgIpc) is 3.25. The van der Waals surface area contributed by atoms with E-state index in [1.54, 1.807) is 30.3 Å².